The largest absolute Gasteiger partial charge is 0.390 e. The Hall–Kier alpha value is -0.0800. The van der Waals surface area contributed by atoms with Gasteiger partial charge in [-0.3, -0.25) is 0 Å². The Morgan fingerprint density at radius 3 is 1.08 bits per heavy atom. The van der Waals surface area contributed by atoms with Gasteiger partial charge < -0.3 is 10.2 Å². The topological polar surface area (TPSA) is 40.5 Å². The number of aliphatic hydroxyl groups is 2. The van der Waals surface area contributed by atoms with Gasteiger partial charge in [-0.15, -0.1) is 0 Å². The normalized spacial score (nSPS) is 13.4. The highest BCUT2D eigenvalue weighted by Gasteiger charge is 2.33. The van der Waals surface area contributed by atoms with Gasteiger partial charge in [-0.25, -0.2) is 0 Å². The van der Waals surface area contributed by atoms with Gasteiger partial charge in [0, 0.05) is 6.42 Å². The highest BCUT2D eigenvalue weighted by Crippen LogP contribution is 2.30. The quantitative estimate of drug-likeness (QED) is 0.672. The molecule has 0 saturated carbocycles. The van der Waals surface area contributed by atoms with Crippen LogP contribution in [-0.4, -0.2) is 21.4 Å². The van der Waals surface area contributed by atoms with Gasteiger partial charge in [-0.1, -0.05) is 27.7 Å². The van der Waals surface area contributed by atoms with Crippen molar-refractivity contribution in [1.82, 2.24) is 0 Å². The molecule has 0 aromatic carbocycles. The molecule has 0 aliphatic rings. The molecule has 0 rings (SSSR count). The molecule has 0 aliphatic carbocycles. The molecule has 0 spiro atoms. The fourth-order valence-electron chi connectivity index (χ4n) is 1.61. The fourth-order valence-corrected chi connectivity index (χ4v) is 1.61. The van der Waals surface area contributed by atoms with E-state index in [0.29, 0.717) is 32.1 Å². The molecule has 0 bridgehead atoms. The van der Waals surface area contributed by atoms with E-state index < -0.39 is 11.2 Å². The van der Waals surface area contributed by atoms with Gasteiger partial charge in [-0.2, -0.15) is 0 Å². The minimum atomic E-state index is -0.680. The zero-order valence-electron chi connectivity index (χ0n) is 9.43. The summed E-state index contributed by atoms with van der Waals surface area (Å²) in [5.74, 6) is 0. The van der Waals surface area contributed by atoms with Crippen molar-refractivity contribution in [2.24, 2.45) is 0 Å². The van der Waals surface area contributed by atoms with Crippen molar-refractivity contribution < 1.29 is 10.2 Å². The second-order valence-corrected chi connectivity index (χ2v) is 4.04. The predicted octanol–water partition coefficient (Wildman–Crippen LogP) is 2.48. The van der Waals surface area contributed by atoms with E-state index in [1.807, 2.05) is 27.7 Å². The van der Waals surface area contributed by atoms with Crippen LogP contribution in [0.5, 0.6) is 0 Å². The molecule has 2 nitrogen and oxygen atoms in total. The van der Waals surface area contributed by atoms with Gasteiger partial charge in [0.15, 0.2) is 0 Å². The first-order chi connectivity index (χ1) is 5.95. The van der Waals surface area contributed by atoms with E-state index in [2.05, 4.69) is 0 Å². The van der Waals surface area contributed by atoms with Crippen molar-refractivity contribution in [3.8, 4) is 0 Å². The average Bonchev–Trinajstić information content (AvgIpc) is 2.17. The molecule has 0 aromatic rings. The Bertz CT molecular complexity index is 119. The lowest BCUT2D eigenvalue weighted by molar-refractivity contribution is -0.0718. The minimum Gasteiger partial charge on any atom is -0.390 e. The van der Waals surface area contributed by atoms with Crippen LogP contribution in [-0.2, 0) is 0 Å². The lowest BCUT2D eigenvalue weighted by Gasteiger charge is -2.35. The molecular formula is C11H24O2. The maximum atomic E-state index is 10.1. The maximum absolute atomic E-state index is 10.1. The van der Waals surface area contributed by atoms with Gasteiger partial charge in [0.05, 0.1) is 11.2 Å². The Balaban J connectivity index is 4.36. The third-order valence-electron chi connectivity index (χ3n) is 3.29. The second kappa shape index (κ2) is 4.97. The highest BCUT2D eigenvalue weighted by molar-refractivity contribution is 4.87. The van der Waals surface area contributed by atoms with Crippen LogP contribution >= 0.6 is 0 Å². The third-order valence-corrected chi connectivity index (χ3v) is 3.29. The summed E-state index contributed by atoms with van der Waals surface area (Å²) in [5, 5.41) is 20.1. The van der Waals surface area contributed by atoms with Crippen LogP contribution in [0.25, 0.3) is 0 Å². The van der Waals surface area contributed by atoms with Crippen molar-refractivity contribution in [3.05, 3.63) is 0 Å². The summed E-state index contributed by atoms with van der Waals surface area (Å²) in [6, 6.07) is 0. The zero-order valence-corrected chi connectivity index (χ0v) is 9.43. The van der Waals surface area contributed by atoms with Crippen LogP contribution in [0, 0.1) is 0 Å². The van der Waals surface area contributed by atoms with Crippen LogP contribution < -0.4 is 0 Å². The van der Waals surface area contributed by atoms with Gasteiger partial charge in [0.25, 0.3) is 0 Å². The molecule has 0 atom stereocenters. The summed E-state index contributed by atoms with van der Waals surface area (Å²) in [6.45, 7) is 7.87. The SMILES string of the molecule is CCC(O)(CC)CC(O)(CC)CC. The Kier molecular flexibility index (Phi) is 4.93. The van der Waals surface area contributed by atoms with Gasteiger partial charge >= 0.3 is 0 Å². The molecule has 0 aromatic heterocycles. The van der Waals surface area contributed by atoms with Crippen LogP contribution in [0.1, 0.15) is 59.8 Å². The molecule has 0 unspecified atom stereocenters. The average molecular weight is 188 g/mol. The van der Waals surface area contributed by atoms with Gasteiger partial charge in [-0.05, 0) is 25.7 Å². The molecule has 0 radical (unpaired) electrons. The van der Waals surface area contributed by atoms with E-state index >= 15 is 0 Å². The first kappa shape index (κ1) is 12.9. The standard InChI is InChI=1S/C11H24O2/c1-5-10(12,6-2)9-11(13,7-3)8-4/h12-13H,5-9H2,1-4H3. The van der Waals surface area contributed by atoms with Gasteiger partial charge in [0.2, 0.25) is 0 Å². The highest BCUT2D eigenvalue weighted by atomic mass is 16.3. The summed E-state index contributed by atoms with van der Waals surface area (Å²) < 4.78 is 0. The first-order valence-electron chi connectivity index (χ1n) is 5.40. The molecule has 0 heterocycles. The van der Waals surface area contributed by atoms with E-state index in [4.69, 9.17) is 0 Å². The second-order valence-electron chi connectivity index (χ2n) is 4.04. The van der Waals surface area contributed by atoms with E-state index in [0.717, 1.165) is 0 Å². The summed E-state index contributed by atoms with van der Waals surface area (Å²) >= 11 is 0. The summed E-state index contributed by atoms with van der Waals surface area (Å²) in [5.41, 5.74) is -1.36. The molecule has 0 saturated heterocycles. The van der Waals surface area contributed by atoms with E-state index in [1.165, 1.54) is 0 Å². The van der Waals surface area contributed by atoms with Gasteiger partial charge in [0.1, 0.15) is 0 Å². The molecule has 0 amide bonds. The Morgan fingerprint density at radius 2 is 0.923 bits per heavy atom. The number of hydrogen-bond acceptors (Lipinski definition) is 2. The predicted molar refractivity (Wildman–Crippen MR) is 55.7 cm³/mol. The van der Waals surface area contributed by atoms with E-state index in [1.54, 1.807) is 0 Å². The first-order valence-corrected chi connectivity index (χ1v) is 5.40. The maximum Gasteiger partial charge on any atom is 0.0669 e. The van der Waals surface area contributed by atoms with E-state index in [9.17, 15) is 10.2 Å². The summed E-state index contributed by atoms with van der Waals surface area (Å²) in [4.78, 5) is 0. The van der Waals surface area contributed by atoms with Crippen molar-refractivity contribution in [2.45, 2.75) is 71.0 Å². The Morgan fingerprint density at radius 1 is 0.692 bits per heavy atom. The van der Waals surface area contributed by atoms with Crippen LogP contribution in [0.4, 0.5) is 0 Å². The van der Waals surface area contributed by atoms with Crippen molar-refractivity contribution >= 4 is 0 Å². The summed E-state index contributed by atoms with van der Waals surface area (Å²) in [6.07, 6.45) is 3.36. The molecular weight excluding hydrogens is 164 g/mol. The molecule has 2 heteroatoms. The molecule has 0 fully saturated rings. The molecule has 80 valence electrons. The monoisotopic (exact) mass is 188 g/mol. The van der Waals surface area contributed by atoms with E-state index in [-0.39, 0.29) is 0 Å². The minimum absolute atomic E-state index is 0.500. The van der Waals surface area contributed by atoms with Crippen molar-refractivity contribution in [2.75, 3.05) is 0 Å². The zero-order chi connectivity index (χ0) is 10.5. The molecule has 0 aliphatic heterocycles. The molecule has 2 N–H and O–H groups in total. The van der Waals surface area contributed by atoms with Crippen molar-refractivity contribution in [3.63, 3.8) is 0 Å². The van der Waals surface area contributed by atoms with Crippen LogP contribution in [0.3, 0.4) is 0 Å². The fraction of sp³-hybridized carbons (Fsp3) is 1.00. The van der Waals surface area contributed by atoms with Crippen LogP contribution in [0.2, 0.25) is 0 Å². The summed E-state index contributed by atoms with van der Waals surface area (Å²) in [7, 11) is 0. The lowest BCUT2D eigenvalue weighted by Crippen LogP contribution is -2.40. The third kappa shape index (κ3) is 3.65. The number of rotatable bonds is 6. The lowest BCUT2D eigenvalue weighted by atomic mass is 9.80. The smallest absolute Gasteiger partial charge is 0.0669 e. The number of hydrogen-bond donors (Lipinski definition) is 2. The molecule has 13 heavy (non-hydrogen) atoms. The Labute approximate surface area is 82.0 Å². The van der Waals surface area contributed by atoms with Crippen LogP contribution in [0.15, 0.2) is 0 Å². The van der Waals surface area contributed by atoms with Crippen molar-refractivity contribution in [1.29, 1.82) is 0 Å².